The summed E-state index contributed by atoms with van der Waals surface area (Å²) in [5.74, 6) is 1.06. The van der Waals surface area contributed by atoms with Gasteiger partial charge in [0.15, 0.2) is 0 Å². The topological polar surface area (TPSA) is 53.1 Å². The second-order valence-corrected chi connectivity index (χ2v) is 4.93. The molecule has 0 radical (unpaired) electrons. The number of ether oxygens (including phenoxy) is 1. The highest BCUT2D eigenvalue weighted by molar-refractivity contribution is 4.94. The Morgan fingerprint density at radius 1 is 1.56 bits per heavy atom. The molecule has 1 heterocycles. The summed E-state index contributed by atoms with van der Waals surface area (Å²) < 4.78 is 7.56. The quantitative estimate of drug-likeness (QED) is 0.800. The molecule has 0 bridgehead atoms. The van der Waals surface area contributed by atoms with Crippen molar-refractivity contribution in [2.75, 3.05) is 7.11 Å². The zero-order valence-corrected chi connectivity index (χ0v) is 10.7. The summed E-state index contributed by atoms with van der Waals surface area (Å²) in [6.45, 7) is 7.10. The van der Waals surface area contributed by atoms with E-state index in [2.05, 4.69) is 23.4 Å². The van der Waals surface area contributed by atoms with Gasteiger partial charge < -0.3 is 15.0 Å². The molecule has 16 heavy (non-hydrogen) atoms. The maximum absolute atomic E-state index is 5.78. The van der Waals surface area contributed by atoms with E-state index in [4.69, 9.17) is 10.5 Å². The highest BCUT2D eigenvalue weighted by Crippen LogP contribution is 2.15. The van der Waals surface area contributed by atoms with Crippen LogP contribution >= 0.6 is 0 Å². The van der Waals surface area contributed by atoms with Gasteiger partial charge in [0.25, 0.3) is 0 Å². The molecule has 0 aromatic carbocycles. The van der Waals surface area contributed by atoms with E-state index in [0.717, 1.165) is 25.2 Å². The second-order valence-electron chi connectivity index (χ2n) is 4.93. The maximum Gasteiger partial charge on any atom is 0.110 e. The fourth-order valence-corrected chi connectivity index (χ4v) is 1.51. The molecule has 1 atom stereocenters. The monoisotopic (exact) mass is 225 g/mol. The number of hydrogen-bond acceptors (Lipinski definition) is 3. The molecule has 0 amide bonds. The van der Waals surface area contributed by atoms with E-state index in [1.54, 1.807) is 7.11 Å². The molecule has 1 rings (SSSR count). The Hall–Kier alpha value is -0.870. The lowest BCUT2D eigenvalue weighted by Crippen LogP contribution is -2.26. The van der Waals surface area contributed by atoms with Crippen LogP contribution in [0.3, 0.4) is 0 Å². The molecular weight excluding hydrogens is 202 g/mol. The highest BCUT2D eigenvalue weighted by Gasteiger charge is 2.16. The molecule has 4 nitrogen and oxygen atoms in total. The van der Waals surface area contributed by atoms with Crippen LogP contribution in [0.15, 0.2) is 12.4 Å². The summed E-state index contributed by atoms with van der Waals surface area (Å²) in [7, 11) is 1.75. The third-order valence-corrected chi connectivity index (χ3v) is 2.81. The predicted octanol–water partition coefficient (Wildman–Crippen LogP) is 1.59. The third kappa shape index (κ3) is 3.94. The first-order valence-electron chi connectivity index (χ1n) is 5.75. The van der Waals surface area contributed by atoms with Crippen molar-refractivity contribution in [3.05, 3.63) is 18.2 Å². The Morgan fingerprint density at radius 2 is 2.25 bits per heavy atom. The van der Waals surface area contributed by atoms with Gasteiger partial charge in [0.05, 0.1) is 5.60 Å². The van der Waals surface area contributed by atoms with Crippen molar-refractivity contribution in [2.24, 2.45) is 5.73 Å². The van der Waals surface area contributed by atoms with Crippen LogP contribution in [-0.2, 0) is 17.7 Å². The minimum absolute atomic E-state index is 0.0874. The van der Waals surface area contributed by atoms with Crippen LogP contribution in [0.5, 0.6) is 0 Å². The van der Waals surface area contributed by atoms with Gasteiger partial charge in [-0.3, -0.25) is 0 Å². The first-order chi connectivity index (χ1) is 7.44. The Morgan fingerprint density at radius 3 is 2.81 bits per heavy atom. The summed E-state index contributed by atoms with van der Waals surface area (Å²) in [5.41, 5.74) is 5.70. The van der Waals surface area contributed by atoms with Crippen LogP contribution in [0.4, 0.5) is 0 Å². The van der Waals surface area contributed by atoms with Gasteiger partial charge in [0, 0.05) is 38.5 Å². The molecule has 92 valence electrons. The summed E-state index contributed by atoms with van der Waals surface area (Å²) in [6.07, 6.45) is 5.62. The Labute approximate surface area is 97.8 Å². The number of nitrogens with zero attached hydrogens (tertiary/aromatic N) is 2. The highest BCUT2D eigenvalue weighted by atomic mass is 16.5. The normalized spacial score (nSPS) is 14.1. The van der Waals surface area contributed by atoms with E-state index < -0.39 is 0 Å². The molecule has 0 saturated carbocycles. The summed E-state index contributed by atoms with van der Waals surface area (Å²) in [5, 5.41) is 0. The van der Waals surface area contributed by atoms with Crippen LogP contribution in [0.1, 0.15) is 33.0 Å². The molecule has 0 saturated heterocycles. The van der Waals surface area contributed by atoms with Crippen LogP contribution in [0, 0.1) is 0 Å². The van der Waals surface area contributed by atoms with Crippen molar-refractivity contribution in [1.29, 1.82) is 0 Å². The minimum Gasteiger partial charge on any atom is -0.379 e. The average molecular weight is 225 g/mol. The molecular formula is C12H23N3O. The van der Waals surface area contributed by atoms with E-state index in [-0.39, 0.29) is 11.6 Å². The average Bonchev–Trinajstić information content (AvgIpc) is 2.62. The molecule has 1 aromatic rings. The molecule has 2 N–H and O–H groups in total. The number of nitrogens with two attached hydrogens (primary N) is 1. The predicted molar refractivity (Wildman–Crippen MR) is 65.3 cm³/mol. The van der Waals surface area contributed by atoms with E-state index in [1.165, 1.54) is 0 Å². The summed E-state index contributed by atoms with van der Waals surface area (Å²) in [6, 6.07) is 0.150. The van der Waals surface area contributed by atoms with Crippen molar-refractivity contribution in [3.8, 4) is 0 Å². The molecule has 0 aliphatic heterocycles. The lowest BCUT2D eigenvalue weighted by Gasteiger charge is -2.23. The zero-order valence-electron chi connectivity index (χ0n) is 10.7. The third-order valence-electron chi connectivity index (χ3n) is 2.81. The van der Waals surface area contributed by atoms with Crippen molar-refractivity contribution in [1.82, 2.24) is 9.55 Å². The van der Waals surface area contributed by atoms with E-state index in [0.29, 0.717) is 0 Å². The first-order valence-corrected chi connectivity index (χ1v) is 5.75. The van der Waals surface area contributed by atoms with E-state index in [1.807, 2.05) is 19.3 Å². The molecule has 0 spiro atoms. The van der Waals surface area contributed by atoms with Gasteiger partial charge in [0.1, 0.15) is 5.82 Å². The number of methoxy groups -OCH3 is 1. The standard InChI is InChI=1S/C12H23N3O/c1-10(13)9-11-14-6-8-15(11)7-5-12(2,3)16-4/h6,8,10H,5,7,9,13H2,1-4H3. The number of rotatable bonds is 6. The SMILES string of the molecule is COC(C)(C)CCn1ccnc1CC(C)N. The lowest BCUT2D eigenvalue weighted by molar-refractivity contribution is 0.0119. The fourth-order valence-electron chi connectivity index (χ4n) is 1.51. The largest absolute Gasteiger partial charge is 0.379 e. The van der Waals surface area contributed by atoms with Crippen molar-refractivity contribution in [3.63, 3.8) is 0 Å². The number of hydrogen-bond donors (Lipinski definition) is 1. The van der Waals surface area contributed by atoms with Gasteiger partial charge in [-0.05, 0) is 27.2 Å². The van der Waals surface area contributed by atoms with Gasteiger partial charge >= 0.3 is 0 Å². The van der Waals surface area contributed by atoms with Gasteiger partial charge in [-0.1, -0.05) is 0 Å². The molecule has 0 aliphatic carbocycles. The van der Waals surface area contributed by atoms with E-state index >= 15 is 0 Å². The number of imidazole rings is 1. The molecule has 1 aromatic heterocycles. The lowest BCUT2D eigenvalue weighted by atomic mass is 10.1. The van der Waals surface area contributed by atoms with Crippen LogP contribution < -0.4 is 5.73 Å². The number of aryl methyl sites for hydroxylation is 1. The second kappa shape index (κ2) is 5.46. The molecule has 4 heteroatoms. The maximum atomic E-state index is 5.78. The van der Waals surface area contributed by atoms with Gasteiger partial charge in [-0.15, -0.1) is 0 Å². The van der Waals surface area contributed by atoms with Crippen molar-refractivity contribution < 1.29 is 4.74 Å². The molecule has 1 unspecified atom stereocenters. The van der Waals surface area contributed by atoms with Crippen molar-refractivity contribution in [2.45, 2.75) is 51.8 Å². The molecule has 0 aliphatic rings. The van der Waals surface area contributed by atoms with Gasteiger partial charge in [0.2, 0.25) is 0 Å². The first kappa shape index (κ1) is 13.2. The minimum atomic E-state index is -0.0874. The summed E-state index contributed by atoms with van der Waals surface area (Å²) >= 11 is 0. The van der Waals surface area contributed by atoms with Crippen LogP contribution in [0.2, 0.25) is 0 Å². The Balaban J connectivity index is 2.57. The number of aromatic nitrogens is 2. The Kier molecular flexibility index (Phi) is 4.50. The zero-order chi connectivity index (χ0) is 12.2. The van der Waals surface area contributed by atoms with Crippen molar-refractivity contribution >= 4 is 0 Å². The van der Waals surface area contributed by atoms with Gasteiger partial charge in [-0.25, -0.2) is 4.98 Å². The summed E-state index contributed by atoms with van der Waals surface area (Å²) in [4.78, 5) is 4.32. The molecule has 0 fully saturated rings. The van der Waals surface area contributed by atoms with Crippen LogP contribution in [0.25, 0.3) is 0 Å². The van der Waals surface area contributed by atoms with Gasteiger partial charge in [-0.2, -0.15) is 0 Å². The van der Waals surface area contributed by atoms with E-state index in [9.17, 15) is 0 Å². The fraction of sp³-hybridized carbons (Fsp3) is 0.750. The van der Waals surface area contributed by atoms with Crippen LogP contribution in [-0.4, -0.2) is 28.3 Å². The smallest absolute Gasteiger partial charge is 0.110 e. The Bertz CT molecular complexity index is 318.